The number of aryl methyl sites for hydroxylation is 1. The molecule has 2 rings (SSSR count). The zero-order valence-corrected chi connectivity index (χ0v) is 13.9. The van der Waals surface area contributed by atoms with Gasteiger partial charge in [-0.1, -0.05) is 6.92 Å². The van der Waals surface area contributed by atoms with Crippen molar-refractivity contribution >= 4 is 12.0 Å². The Labute approximate surface area is 132 Å². The van der Waals surface area contributed by atoms with Gasteiger partial charge in [0, 0.05) is 18.4 Å². The molecule has 1 fully saturated rings. The second-order valence-electron chi connectivity index (χ2n) is 6.58. The molecule has 1 aliphatic heterocycles. The summed E-state index contributed by atoms with van der Waals surface area (Å²) in [5.41, 5.74) is 0.518. The molecular formula is C16H26N4O2. The number of carbonyl (C=O) groups is 1. The van der Waals surface area contributed by atoms with Gasteiger partial charge in [-0.05, 0) is 58.7 Å². The number of nitrogens with one attached hydrogen (secondary N) is 1. The maximum atomic E-state index is 12.6. The normalized spacial score (nSPS) is 16.4. The van der Waals surface area contributed by atoms with Gasteiger partial charge in [-0.25, -0.2) is 19.7 Å². The molecule has 1 aromatic rings. The summed E-state index contributed by atoms with van der Waals surface area (Å²) >= 11 is 0. The topological polar surface area (TPSA) is 67.4 Å². The molecular weight excluding hydrogens is 280 g/mol. The van der Waals surface area contributed by atoms with Gasteiger partial charge in [-0.3, -0.25) is 0 Å². The van der Waals surface area contributed by atoms with E-state index in [1.165, 1.54) is 0 Å². The van der Waals surface area contributed by atoms with Crippen LogP contribution in [0.4, 0.5) is 10.7 Å². The minimum atomic E-state index is -0.536. The van der Waals surface area contributed by atoms with Gasteiger partial charge < -0.3 is 10.1 Å². The number of carbonyl (C=O) groups excluding carboxylic acids is 1. The van der Waals surface area contributed by atoms with Crippen LogP contribution in [0.3, 0.4) is 0 Å². The smallest absolute Gasteiger partial charge is 0.417 e. The van der Waals surface area contributed by atoms with Gasteiger partial charge in [0.15, 0.2) is 0 Å². The van der Waals surface area contributed by atoms with E-state index < -0.39 is 5.60 Å². The molecule has 0 aromatic carbocycles. The highest BCUT2D eigenvalue weighted by Gasteiger charge is 2.32. The summed E-state index contributed by atoms with van der Waals surface area (Å²) in [4.78, 5) is 23.0. The summed E-state index contributed by atoms with van der Waals surface area (Å²) < 4.78 is 5.55. The molecule has 1 amide bonds. The number of hydrogen-bond acceptors (Lipinski definition) is 5. The van der Waals surface area contributed by atoms with Crippen molar-refractivity contribution in [3.63, 3.8) is 0 Å². The monoisotopic (exact) mass is 306 g/mol. The zero-order chi connectivity index (χ0) is 16.2. The quantitative estimate of drug-likeness (QED) is 0.929. The molecule has 1 aliphatic rings. The number of nitrogens with zero attached hydrogens (tertiary/aromatic N) is 3. The van der Waals surface area contributed by atoms with Crippen LogP contribution in [-0.4, -0.2) is 40.8 Å². The third kappa shape index (κ3) is 4.40. The molecule has 1 N–H and O–H groups in total. The van der Waals surface area contributed by atoms with Gasteiger partial charge in [0.05, 0.1) is 0 Å². The van der Waals surface area contributed by atoms with Crippen molar-refractivity contribution in [2.24, 2.45) is 0 Å². The highest BCUT2D eigenvalue weighted by atomic mass is 16.6. The van der Waals surface area contributed by atoms with Crippen molar-refractivity contribution in [1.29, 1.82) is 0 Å². The van der Waals surface area contributed by atoms with E-state index in [4.69, 9.17) is 4.74 Å². The van der Waals surface area contributed by atoms with Crippen LogP contribution in [0, 0.1) is 0 Å². The maximum absolute atomic E-state index is 12.6. The molecule has 22 heavy (non-hydrogen) atoms. The fourth-order valence-electron chi connectivity index (χ4n) is 2.42. The van der Waals surface area contributed by atoms with Crippen molar-refractivity contribution in [3.8, 4) is 0 Å². The van der Waals surface area contributed by atoms with E-state index in [0.717, 1.165) is 37.9 Å². The number of anilines is 1. The van der Waals surface area contributed by atoms with Crippen molar-refractivity contribution < 1.29 is 9.53 Å². The van der Waals surface area contributed by atoms with Gasteiger partial charge in [-0.2, -0.15) is 0 Å². The lowest BCUT2D eigenvalue weighted by Crippen LogP contribution is -2.48. The molecule has 0 radical (unpaired) electrons. The fourth-order valence-corrected chi connectivity index (χ4v) is 2.42. The van der Waals surface area contributed by atoms with Crippen LogP contribution < -0.4 is 10.2 Å². The van der Waals surface area contributed by atoms with Crippen LogP contribution >= 0.6 is 0 Å². The van der Waals surface area contributed by atoms with Crippen LogP contribution in [0.15, 0.2) is 12.4 Å². The van der Waals surface area contributed by atoms with E-state index in [0.29, 0.717) is 5.95 Å². The minimum absolute atomic E-state index is 0.0728. The number of piperidine rings is 1. The number of ether oxygens (including phenoxy) is 1. The van der Waals surface area contributed by atoms with Crippen LogP contribution in [0.1, 0.15) is 46.1 Å². The highest BCUT2D eigenvalue weighted by molar-refractivity contribution is 5.86. The van der Waals surface area contributed by atoms with Gasteiger partial charge in [0.1, 0.15) is 5.60 Å². The molecule has 2 heterocycles. The number of aromatic nitrogens is 2. The first-order valence-electron chi connectivity index (χ1n) is 7.94. The third-order valence-corrected chi connectivity index (χ3v) is 3.58. The SMILES string of the molecule is CCc1cnc(N(C(=O)OC(C)(C)C)C2CCNCC2)nc1. The summed E-state index contributed by atoms with van der Waals surface area (Å²) in [7, 11) is 0. The largest absolute Gasteiger partial charge is 0.443 e. The van der Waals surface area contributed by atoms with Crippen molar-refractivity contribution in [2.45, 2.75) is 58.6 Å². The summed E-state index contributed by atoms with van der Waals surface area (Å²) in [6.07, 6.45) is 5.81. The van der Waals surface area contributed by atoms with Gasteiger partial charge in [0.2, 0.25) is 5.95 Å². The number of hydrogen-bond donors (Lipinski definition) is 1. The molecule has 0 saturated carbocycles. The third-order valence-electron chi connectivity index (χ3n) is 3.58. The lowest BCUT2D eigenvalue weighted by molar-refractivity contribution is 0.0556. The Kier molecular flexibility index (Phi) is 5.34. The zero-order valence-electron chi connectivity index (χ0n) is 13.9. The Morgan fingerprint density at radius 3 is 2.41 bits per heavy atom. The Balaban J connectivity index is 2.24. The maximum Gasteiger partial charge on any atom is 0.417 e. The molecule has 1 saturated heterocycles. The van der Waals surface area contributed by atoms with E-state index in [-0.39, 0.29) is 12.1 Å². The summed E-state index contributed by atoms with van der Waals surface area (Å²) in [5, 5.41) is 3.31. The van der Waals surface area contributed by atoms with Crippen LogP contribution in [0.5, 0.6) is 0 Å². The molecule has 1 aromatic heterocycles. The second-order valence-corrected chi connectivity index (χ2v) is 6.58. The van der Waals surface area contributed by atoms with Gasteiger partial charge in [0.25, 0.3) is 0 Å². The molecule has 6 nitrogen and oxygen atoms in total. The molecule has 0 bridgehead atoms. The number of amides is 1. The molecule has 0 aliphatic carbocycles. The molecule has 6 heteroatoms. The summed E-state index contributed by atoms with van der Waals surface area (Å²) in [6, 6.07) is 0.0728. The second kappa shape index (κ2) is 7.05. The summed E-state index contributed by atoms with van der Waals surface area (Å²) in [6.45, 7) is 9.43. The minimum Gasteiger partial charge on any atom is -0.443 e. The lowest BCUT2D eigenvalue weighted by atomic mass is 10.1. The Morgan fingerprint density at radius 1 is 1.32 bits per heavy atom. The van der Waals surface area contributed by atoms with Gasteiger partial charge >= 0.3 is 6.09 Å². The highest BCUT2D eigenvalue weighted by Crippen LogP contribution is 2.21. The first-order chi connectivity index (χ1) is 10.4. The predicted octanol–water partition coefficient (Wildman–Crippen LogP) is 2.53. The average molecular weight is 306 g/mol. The first-order valence-corrected chi connectivity index (χ1v) is 7.94. The predicted molar refractivity (Wildman–Crippen MR) is 86.0 cm³/mol. The van der Waals surface area contributed by atoms with E-state index >= 15 is 0 Å². The van der Waals surface area contributed by atoms with Crippen LogP contribution in [0.25, 0.3) is 0 Å². The fraction of sp³-hybridized carbons (Fsp3) is 0.688. The Hall–Kier alpha value is -1.69. The van der Waals surface area contributed by atoms with Gasteiger partial charge in [-0.15, -0.1) is 0 Å². The van der Waals surface area contributed by atoms with Crippen molar-refractivity contribution in [1.82, 2.24) is 15.3 Å². The Bertz CT molecular complexity index is 490. The standard InChI is InChI=1S/C16H26N4O2/c1-5-12-10-18-14(19-11-12)20(13-6-8-17-9-7-13)15(21)22-16(2,3)4/h10-11,13,17H,5-9H2,1-4H3. The van der Waals surface area contributed by atoms with Crippen molar-refractivity contribution in [2.75, 3.05) is 18.0 Å². The molecule has 0 spiro atoms. The molecule has 122 valence electrons. The Morgan fingerprint density at radius 2 is 1.91 bits per heavy atom. The lowest BCUT2D eigenvalue weighted by Gasteiger charge is -2.34. The summed E-state index contributed by atoms with van der Waals surface area (Å²) in [5.74, 6) is 0.429. The van der Waals surface area contributed by atoms with E-state index in [2.05, 4.69) is 22.2 Å². The molecule has 0 atom stereocenters. The van der Waals surface area contributed by atoms with Crippen molar-refractivity contribution in [3.05, 3.63) is 18.0 Å². The van der Waals surface area contributed by atoms with E-state index in [1.54, 1.807) is 17.3 Å². The van der Waals surface area contributed by atoms with E-state index in [9.17, 15) is 4.79 Å². The average Bonchev–Trinajstić information content (AvgIpc) is 2.47. The van der Waals surface area contributed by atoms with Crippen LogP contribution in [0.2, 0.25) is 0 Å². The number of rotatable bonds is 3. The first kappa shape index (κ1) is 16.7. The molecule has 0 unspecified atom stereocenters. The van der Waals surface area contributed by atoms with Crippen LogP contribution in [-0.2, 0) is 11.2 Å². The van der Waals surface area contributed by atoms with E-state index in [1.807, 2.05) is 20.8 Å².